The minimum absolute atomic E-state index is 0.501. The van der Waals surface area contributed by atoms with E-state index in [1.807, 2.05) is 24.3 Å². The summed E-state index contributed by atoms with van der Waals surface area (Å²) < 4.78 is 36.9. The van der Waals surface area contributed by atoms with E-state index in [0.29, 0.717) is 17.1 Å². The van der Waals surface area contributed by atoms with Crippen molar-refractivity contribution in [2.45, 2.75) is 0 Å². The molecular weight excluding hydrogens is 285 g/mol. The fraction of sp³-hybridized carbons (Fsp3) is 0.0625. The van der Waals surface area contributed by atoms with Crippen molar-refractivity contribution in [3.8, 4) is 5.75 Å². The van der Waals surface area contributed by atoms with Crippen LogP contribution < -0.4 is 4.74 Å². The normalized spacial score (nSPS) is 18.0. The third-order valence-electron chi connectivity index (χ3n) is 4.12. The van der Waals surface area contributed by atoms with E-state index in [-0.39, 0.29) is 0 Å². The number of hydrogen-bond donors (Lipinski definition) is 0. The molecule has 110 valence electrons. The predicted octanol–water partition coefficient (Wildman–Crippen LogP) is 3.15. The predicted molar refractivity (Wildman–Crippen MR) is 82.3 cm³/mol. The number of para-hydroxylation sites is 1. The van der Waals surface area contributed by atoms with Crippen LogP contribution in [-0.4, -0.2) is 29.3 Å². The second kappa shape index (κ2) is 4.43. The molecule has 1 aromatic carbocycles. The van der Waals surface area contributed by atoms with Crippen molar-refractivity contribution >= 4 is 18.8 Å². The molecule has 0 N–H and O–H groups in total. The van der Waals surface area contributed by atoms with Crippen molar-refractivity contribution in [3.05, 3.63) is 71.7 Å². The summed E-state index contributed by atoms with van der Waals surface area (Å²) in [5.74, 6) is 0.663. The standard InChI is InChI=1S/C16H13BF2N2O/c1-22-15-9-3-2-6-12(15)16-13-7-4-10-20(13)17(18,19)21-11-5-8-14(16)21/h2-11H,1H3. The van der Waals surface area contributed by atoms with Gasteiger partial charge in [0.2, 0.25) is 0 Å². The molecule has 0 unspecified atom stereocenters. The fourth-order valence-electron chi connectivity index (χ4n) is 3.15. The quantitative estimate of drug-likeness (QED) is 0.779. The Labute approximate surface area is 126 Å². The highest BCUT2D eigenvalue weighted by Crippen LogP contribution is 2.40. The van der Waals surface area contributed by atoms with Crippen molar-refractivity contribution in [3.63, 3.8) is 0 Å². The first kappa shape index (κ1) is 13.1. The maximum Gasteiger partial charge on any atom is 0.737 e. The van der Waals surface area contributed by atoms with E-state index in [1.54, 1.807) is 31.4 Å². The van der Waals surface area contributed by atoms with Crippen LogP contribution in [0.2, 0.25) is 0 Å². The maximum atomic E-state index is 14.7. The largest absolute Gasteiger partial charge is 0.737 e. The van der Waals surface area contributed by atoms with Crippen LogP contribution in [-0.2, 0) is 0 Å². The van der Waals surface area contributed by atoms with E-state index >= 15 is 0 Å². The number of rotatable bonds is 2. The molecule has 0 atom stereocenters. The molecule has 1 aromatic heterocycles. The van der Waals surface area contributed by atoms with Gasteiger partial charge in [-0.1, -0.05) is 18.2 Å². The third kappa shape index (κ3) is 1.58. The molecule has 2 aromatic rings. The van der Waals surface area contributed by atoms with Crippen LogP contribution >= 0.6 is 0 Å². The third-order valence-corrected chi connectivity index (χ3v) is 4.12. The summed E-state index contributed by atoms with van der Waals surface area (Å²) in [4.78, 5) is 0. The van der Waals surface area contributed by atoms with E-state index in [9.17, 15) is 8.63 Å². The maximum absolute atomic E-state index is 14.7. The second-order valence-corrected chi connectivity index (χ2v) is 5.26. The van der Waals surface area contributed by atoms with Crippen molar-refractivity contribution in [1.82, 2.24) is 4.48 Å². The first-order chi connectivity index (χ1) is 10.6. The number of hydrogen-bond acceptors (Lipinski definition) is 1. The van der Waals surface area contributed by atoms with Crippen LogP contribution in [0.5, 0.6) is 5.75 Å². The molecule has 0 aliphatic carbocycles. The summed E-state index contributed by atoms with van der Waals surface area (Å²) in [5, 5.41) is 0. The van der Waals surface area contributed by atoms with Gasteiger partial charge in [0.25, 0.3) is 0 Å². The molecule has 0 spiro atoms. The first-order valence-electron chi connectivity index (χ1n) is 7.02. The molecule has 0 fully saturated rings. The minimum Gasteiger partial charge on any atom is -0.496 e. The Morgan fingerprint density at radius 2 is 1.95 bits per heavy atom. The number of aromatic nitrogens is 1. The molecule has 22 heavy (non-hydrogen) atoms. The highest BCUT2D eigenvalue weighted by atomic mass is 19.2. The van der Waals surface area contributed by atoms with Gasteiger partial charge in [-0.3, -0.25) is 0 Å². The van der Waals surface area contributed by atoms with E-state index < -0.39 is 6.97 Å². The zero-order chi connectivity index (χ0) is 15.3. The Bertz CT molecular complexity index is 865. The lowest BCUT2D eigenvalue weighted by Crippen LogP contribution is -2.49. The molecule has 0 saturated heterocycles. The summed E-state index contributed by atoms with van der Waals surface area (Å²) >= 11 is 0. The van der Waals surface area contributed by atoms with Gasteiger partial charge < -0.3 is 22.3 Å². The molecule has 0 radical (unpaired) electrons. The highest BCUT2D eigenvalue weighted by molar-refractivity contribution is 6.57. The summed E-state index contributed by atoms with van der Waals surface area (Å²) in [5.41, 5.74) is 2.55. The molecule has 0 amide bonds. The Hall–Kier alpha value is -2.63. The minimum atomic E-state index is -3.86. The summed E-state index contributed by atoms with van der Waals surface area (Å²) in [6.07, 6.45) is 6.21. The van der Waals surface area contributed by atoms with Crippen molar-refractivity contribution < 1.29 is 17.9 Å². The lowest BCUT2D eigenvalue weighted by Gasteiger charge is -2.31. The number of benzene rings is 1. The van der Waals surface area contributed by atoms with Gasteiger partial charge in [-0.05, 0) is 24.4 Å². The van der Waals surface area contributed by atoms with Gasteiger partial charge in [-0.15, -0.1) is 0 Å². The highest BCUT2D eigenvalue weighted by Gasteiger charge is 2.51. The summed E-state index contributed by atoms with van der Waals surface area (Å²) in [6.45, 7) is -3.86. The van der Waals surface area contributed by atoms with Crippen LogP contribution in [0.25, 0.3) is 5.57 Å². The lowest BCUT2D eigenvalue weighted by molar-refractivity contribution is -0.356. The van der Waals surface area contributed by atoms with Gasteiger partial charge in [0.1, 0.15) is 12.0 Å². The van der Waals surface area contributed by atoms with Crippen LogP contribution in [0.3, 0.4) is 0 Å². The van der Waals surface area contributed by atoms with Crippen molar-refractivity contribution in [2.24, 2.45) is 0 Å². The fourth-order valence-corrected chi connectivity index (χ4v) is 3.15. The van der Waals surface area contributed by atoms with Crippen LogP contribution in [0.4, 0.5) is 8.63 Å². The van der Waals surface area contributed by atoms with Gasteiger partial charge in [-0.25, -0.2) is 0 Å². The van der Waals surface area contributed by atoms with Gasteiger partial charge in [-0.2, -0.15) is 0 Å². The number of methoxy groups -OCH3 is 1. The summed E-state index contributed by atoms with van der Waals surface area (Å²) in [6, 6.07) is 10.8. The lowest BCUT2D eigenvalue weighted by atomic mass is 9.86. The average molecular weight is 298 g/mol. The number of halogens is 2. The van der Waals surface area contributed by atoms with E-state index in [4.69, 9.17) is 4.74 Å². The van der Waals surface area contributed by atoms with E-state index in [0.717, 1.165) is 20.1 Å². The first-order valence-corrected chi connectivity index (χ1v) is 7.02. The molecule has 3 nitrogen and oxygen atoms in total. The molecule has 2 aliphatic heterocycles. The molecular formula is C16H13BF2N2O. The zero-order valence-electron chi connectivity index (χ0n) is 11.9. The molecule has 0 saturated carbocycles. The number of fused-ring (bicyclic) bond motifs is 2. The summed E-state index contributed by atoms with van der Waals surface area (Å²) in [7, 11) is 1.58. The topological polar surface area (TPSA) is 17.2 Å². The molecule has 3 heterocycles. The average Bonchev–Trinajstić information content (AvgIpc) is 3.18. The Balaban J connectivity index is 2.07. The Morgan fingerprint density at radius 1 is 1.14 bits per heavy atom. The SMILES string of the molecule is COc1ccccc1C1=C2C=CC=[N+]2[B-](F)(F)n2cccc21. The van der Waals surface area contributed by atoms with Gasteiger partial charge >= 0.3 is 6.97 Å². The van der Waals surface area contributed by atoms with Crippen molar-refractivity contribution in [2.75, 3.05) is 7.11 Å². The Kier molecular flexibility index (Phi) is 2.63. The molecule has 2 aliphatic rings. The van der Waals surface area contributed by atoms with Gasteiger partial charge in [0, 0.05) is 23.4 Å². The zero-order valence-corrected chi connectivity index (χ0v) is 11.9. The van der Waals surface area contributed by atoms with Gasteiger partial charge in [0.05, 0.1) is 12.7 Å². The van der Waals surface area contributed by atoms with Crippen LogP contribution in [0.1, 0.15) is 11.3 Å². The molecule has 0 bridgehead atoms. The number of nitrogens with zero attached hydrogens (tertiary/aromatic N) is 2. The molecule has 6 heteroatoms. The number of allylic oxidation sites excluding steroid dienone is 2. The Morgan fingerprint density at radius 3 is 2.77 bits per heavy atom. The monoisotopic (exact) mass is 298 g/mol. The number of ether oxygens (including phenoxy) is 1. The second-order valence-electron chi connectivity index (χ2n) is 5.26. The van der Waals surface area contributed by atoms with E-state index in [2.05, 4.69) is 0 Å². The van der Waals surface area contributed by atoms with Crippen molar-refractivity contribution in [1.29, 1.82) is 0 Å². The van der Waals surface area contributed by atoms with Crippen LogP contribution in [0, 0.1) is 0 Å². The van der Waals surface area contributed by atoms with E-state index in [1.165, 1.54) is 12.4 Å². The van der Waals surface area contributed by atoms with Gasteiger partial charge in [0.15, 0.2) is 5.70 Å². The molecule has 4 rings (SSSR count). The van der Waals surface area contributed by atoms with Crippen LogP contribution in [0.15, 0.2) is 60.4 Å². The smallest absolute Gasteiger partial charge is 0.496 e.